The Morgan fingerprint density at radius 3 is 2.43 bits per heavy atom. The molecule has 6 N–H and O–H groups in total. The summed E-state index contributed by atoms with van der Waals surface area (Å²) < 4.78 is 21.8. The number of hydrogen-bond acceptors (Lipinski definition) is 5. The van der Waals surface area contributed by atoms with Gasteiger partial charge in [0, 0.05) is 5.69 Å². The van der Waals surface area contributed by atoms with Crippen molar-refractivity contribution < 1.29 is 13.2 Å². The van der Waals surface area contributed by atoms with Gasteiger partial charge in [-0.05, 0) is 56.0 Å². The van der Waals surface area contributed by atoms with Crippen molar-refractivity contribution >= 4 is 21.6 Å². The fraction of sp³-hybridized carbons (Fsp3) is 0.533. The number of anilines is 1. The molecule has 0 spiro atoms. The molecule has 7 nitrogen and oxygen atoms in total. The van der Waals surface area contributed by atoms with Crippen LogP contribution in [0.2, 0.25) is 0 Å². The van der Waals surface area contributed by atoms with Crippen LogP contribution in [0.25, 0.3) is 0 Å². The van der Waals surface area contributed by atoms with Crippen LogP contribution in [0, 0.1) is 0 Å². The molecule has 2 rings (SSSR count). The van der Waals surface area contributed by atoms with Crippen LogP contribution in [-0.2, 0) is 14.8 Å². The average molecular weight is 340 g/mol. The number of carbonyl (C=O) groups excluding carboxylic acids is 1. The van der Waals surface area contributed by atoms with E-state index in [1.807, 2.05) is 24.3 Å². The van der Waals surface area contributed by atoms with E-state index >= 15 is 0 Å². The third-order valence-electron chi connectivity index (χ3n) is 4.04. The van der Waals surface area contributed by atoms with Crippen molar-refractivity contribution in [3.63, 3.8) is 0 Å². The molecule has 0 radical (unpaired) electrons. The van der Waals surface area contributed by atoms with Crippen molar-refractivity contribution in [1.82, 2.24) is 5.32 Å². The van der Waals surface area contributed by atoms with Gasteiger partial charge in [-0.1, -0.05) is 12.1 Å². The number of sulfonamides is 1. The van der Waals surface area contributed by atoms with Crippen molar-refractivity contribution in [2.75, 3.05) is 24.2 Å². The van der Waals surface area contributed by atoms with Crippen LogP contribution in [0.5, 0.6) is 0 Å². The highest BCUT2D eigenvalue weighted by Gasteiger charge is 2.17. The van der Waals surface area contributed by atoms with E-state index in [1.165, 1.54) is 5.56 Å². The van der Waals surface area contributed by atoms with Gasteiger partial charge in [0.05, 0.1) is 11.8 Å². The van der Waals surface area contributed by atoms with E-state index in [0.29, 0.717) is 11.6 Å². The first-order valence-electron chi connectivity index (χ1n) is 7.73. The van der Waals surface area contributed by atoms with E-state index in [9.17, 15) is 13.2 Å². The number of piperidine rings is 1. The van der Waals surface area contributed by atoms with Crippen molar-refractivity contribution in [3.05, 3.63) is 29.8 Å². The monoisotopic (exact) mass is 340 g/mol. The van der Waals surface area contributed by atoms with Crippen LogP contribution in [0.1, 0.15) is 30.7 Å². The molecule has 23 heavy (non-hydrogen) atoms. The minimum atomic E-state index is -3.61. The number of hydrogen-bond donors (Lipinski definition) is 4. The molecule has 0 aromatic heterocycles. The first-order valence-corrected chi connectivity index (χ1v) is 9.44. The molecule has 1 aliphatic rings. The van der Waals surface area contributed by atoms with Gasteiger partial charge in [-0.25, -0.2) is 13.6 Å². The highest BCUT2D eigenvalue weighted by atomic mass is 32.2. The summed E-state index contributed by atoms with van der Waals surface area (Å²) in [5.41, 5.74) is 7.60. The van der Waals surface area contributed by atoms with Crippen molar-refractivity contribution in [2.24, 2.45) is 10.9 Å². The molecule has 0 aliphatic carbocycles. The van der Waals surface area contributed by atoms with Gasteiger partial charge in [-0.3, -0.25) is 4.79 Å². The van der Waals surface area contributed by atoms with Gasteiger partial charge in [0.2, 0.25) is 15.9 Å². The summed E-state index contributed by atoms with van der Waals surface area (Å²) in [4.78, 5) is 11.9. The molecule has 1 amide bonds. The Kier molecular flexibility index (Phi) is 6.11. The van der Waals surface area contributed by atoms with Gasteiger partial charge >= 0.3 is 0 Å². The molecule has 1 aromatic rings. The van der Waals surface area contributed by atoms with Gasteiger partial charge in [0.25, 0.3) is 0 Å². The third kappa shape index (κ3) is 5.91. The summed E-state index contributed by atoms with van der Waals surface area (Å²) in [6, 6.07) is 6.82. The SMILES string of the molecule is NC(CCS(N)(=O)=O)C(=O)Nc1ccc(C2CCNCC2)cc1. The lowest BCUT2D eigenvalue weighted by Gasteiger charge is -2.23. The molecule has 8 heteroatoms. The summed E-state index contributed by atoms with van der Waals surface area (Å²) in [7, 11) is -3.61. The lowest BCUT2D eigenvalue weighted by molar-refractivity contribution is -0.117. The maximum absolute atomic E-state index is 11.9. The highest BCUT2D eigenvalue weighted by molar-refractivity contribution is 7.89. The quantitative estimate of drug-likeness (QED) is 0.584. The Balaban J connectivity index is 1.88. The molecule has 1 atom stereocenters. The largest absolute Gasteiger partial charge is 0.325 e. The molecule has 0 bridgehead atoms. The Labute approximate surface area is 136 Å². The van der Waals surface area contributed by atoms with Crippen molar-refractivity contribution in [1.29, 1.82) is 0 Å². The molecule has 1 unspecified atom stereocenters. The van der Waals surface area contributed by atoms with Gasteiger partial charge in [0.15, 0.2) is 0 Å². The number of rotatable bonds is 6. The summed E-state index contributed by atoms with van der Waals surface area (Å²) >= 11 is 0. The van der Waals surface area contributed by atoms with E-state index in [-0.39, 0.29) is 12.2 Å². The second-order valence-electron chi connectivity index (χ2n) is 5.90. The zero-order chi connectivity index (χ0) is 16.9. The molecule has 1 saturated heterocycles. The summed E-state index contributed by atoms with van der Waals surface area (Å²) in [5, 5.41) is 10.9. The zero-order valence-corrected chi connectivity index (χ0v) is 13.8. The van der Waals surface area contributed by atoms with Crippen LogP contribution in [0.4, 0.5) is 5.69 Å². The fourth-order valence-electron chi connectivity index (χ4n) is 2.65. The Hall–Kier alpha value is -1.48. The summed E-state index contributed by atoms with van der Waals surface area (Å²) in [6.45, 7) is 2.06. The van der Waals surface area contributed by atoms with Gasteiger partial charge in [0.1, 0.15) is 0 Å². The van der Waals surface area contributed by atoms with E-state index in [1.54, 1.807) is 0 Å². The number of primary sulfonamides is 1. The smallest absolute Gasteiger partial charge is 0.241 e. The standard InChI is InChI=1S/C15H24N4O3S/c16-14(7-10-23(17,21)22)15(20)19-13-3-1-11(2-4-13)12-5-8-18-9-6-12/h1-4,12,14,18H,5-10,16H2,(H,19,20)(H2,17,21,22). The minimum Gasteiger partial charge on any atom is -0.325 e. The Morgan fingerprint density at radius 2 is 1.87 bits per heavy atom. The Morgan fingerprint density at radius 1 is 1.26 bits per heavy atom. The molecule has 1 fully saturated rings. The predicted molar refractivity (Wildman–Crippen MR) is 90.5 cm³/mol. The Bertz CT molecular complexity index is 625. The molecule has 128 valence electrons. The van der Waals surface area contributed by atoms with Crippen LogP contribution in [0.15, 0.2) is 24.3 Å². The molecule has 1 aliphatic heterocycles. The molecule has 1 heterocycles. The fourth-order valence-corrected chi connectivity index (χ4v) is 3.23. The number of nitrogens with one attached hydrogen (secondary N) is 2. The molecule has 0 saturated carbocycles. The molecular formula is C15H24N4O3S. The lowest BCUT2D eigenvalue weighted by atomic mass is 9.90. The summed E-state index contributed by atoms with van der Waals surface area (Å²) in [5.74, 6) is -0.169. The average Bonchev–Trinajstić information content (AvgIpc) is 2.53. The number of nitrogens with two attached hydrogens (primary N) is 2. The van der Waals surface area contributed by atoms with Crippen LogP contribution in [-0.4, -0.2) is 39.2 Å². The maximum atomic E-state index is 11.9. The van der Waals surface area contributed by atoms with E-state index in [2.05, 4.69) is 10.6 Å². The van der Waals surface area contributed by atoms with E-state index in [0.717, 1.165) is 25.9 Å². The first-order chi connectivity index (χ1) is 10.8. The van der Waals surface area contributed by atoms with E-state index in [4.69, 9.17) is 10.9 Å². The number of benzene rings is 1. The van der Waals surface area contributed by atoms with Crippen molar-refractivity contribution in [2.45, 2.75) is 31.2 Å². The predicted octanol–water partition coefficient (Wildman–Crippen LogP) is 0.0980. The van der Waals surface area contributed by atoms with Gasteiger partial charge in [-0.2, -0.15) is 0 Å². The third-order valence-corrected chi connectivity index (χ3v) is 4.84. The number of carbonyl (C=O) groups is 1. The highest BCUT2D eigenvalue weighted by Crippen LogP contribution is 2.26. The minimum absolute atomic E-state index is 0.00216. The molecular weight excluding hydrogens is 316 g/mol. The number of amides is 1. The maximum Gasteiger partial charge on any atom is 0.241 e. The second kappa shape index (κ2) is 7.87. The first kappa shape index (κ1) is 17.9. The van der Waals surface area contributed by atoms with Crippen LogP contribution >= 0.6 is 0 Å². The van der Waals surface area contributed by atoms with Crippen LogP contribution < -0.4 is 21.5 Å². The van der Waals surface area contributed by atoms with Gasteiger partial charge < -0.3 is 16.4 Å². The molecule has 1 aromatic carbocycles. The topological polar surface area (TPSA) is 127 Å². The summed E-state index contributed by atoms with van der Waals surface area (Å²) in [6.07, 6.45) is 2.23. The van der Waals surface area contributed by atoms with Crippen molar-refractivity contribution in [3.8, 4) is 0 Å². The zero-order valence-electron chi connectivity index (χ0n) is 13.0. The van der Waals surface area contributed by atoms with Gasteiger partial charge in [-0.15, -0.1) is 0 Å². The second-order valence-corrected chi connectivity index (χ2v) is 7.63. The van der Waals surface area contributed by atoms with Crippen LogP contribution in [0.3, 0.4) is 0 Å². The van der Waals surface area contributed by atoms with E-state index < -0.39 is 22.0 Å². The lowest BCUT2D eigenvalue weighted by Crippen LogP contribution is -2.37. The normalized spacial score (nSPS) is 17.7.